The van der Waals surface area contributed by atoms with Crippen LogP contribution in [0, 0.1) is 6.92 Å². The molecule has 1 aromatic rings. The van der Waals surface area contributed by atoms with Crippen molar-refractivity contribution in [3.8, 4) is 0 Å². The maximum atomic E-state index is 11.3. The first-order valence-corrected chi connectivity index (χ1v) is 5.09. The van der Waals surface area contributed by atoms with Crippen molar-refractivity contribution >= 4 is 29.2 Å². The van der Waals surface area contributed by atoms with Gasteiger partial charge < -0.3 is 15.2 Å². The molecule has 0 aromatic carbocycles. The Bertz CT molecular complexity index is 436. The molecule has 0 saturated heterocycles. The third kappa shape index (κ3) is 4.80. The van der Waals surface area contributed by atoms with Crippen LogP contribution in [0.3, 0.4) is 0 Å². The number of aromatic nitrogens is 1. The van der Waals surface area contributed by atoms with Gasteiger partial charge in [-0.05, 0) is 19.1 Å². The van der Waals surface area contributed by atoms with E-state index in [9.17, 15) is 9.59 Å². The zero-order valence-electron chi connectivity index (χ0n) is 9.07. The third-order valence-corrected chi connectivity index (χ3v) is 2.00. The van der Waals surface area contributed by atoms with Gasteiger partial charge in [-0.2, -0.15) is 0 Å². The number of halogens is 1. The molecule has 1 heterocycles. The lowest BCUT2D eigenvalue weighted by Gasteiger charge is -2.07. The number of aryl methyl sites for hydroxylation is 1. The number of nitrogens with zero attached hydrogens (tertiary/aromatic N) is 1. The largest absolute Gasteiger partial charge is 0.480 e. The van der Waals surface area contributed by atoms with E-state index in [2.05, 4.69) is 15.0 Å². The Labute approximate surface area is 103 Å². The zero-order chi connectivity index (χ0) is 12.8. The van der Waals surface area contributed by atoms with Crippen LogP contribution in [0.1, 0.15) is 5.69 Å². The van der Waals surface area contributed by atoms with Crippen molar-refractivity contribution < 1.29 is 19.4 Å². The molecule has 0 unspecified atom stereocenters. The molecule has 0 aliphatic rings. The van der Waals surface area contributed by atoms with Gasteiger partial charge in [-0.3, -0.25) is 4.79 Å². The summed E-state index contributed by atoms with van der Waals surface area (Å²) in [6, 6.07) is 3.15. The highest BCUT2D eigenvalue weighted by Gasteiger charge is 2.07. The van der Waals surface area contributed by atoms with E-state index in [1.54, 1.807) is 19.1 Å². The van der Waals surface area contributed by atoms with Gasteiger partial charge in [-0.15, -0.1) is 0 Å². The maximum Gasteiger partial charge on any atom is 0.329 e. The summed E-state index contributed by atoms with van der Waals surface area (Å²) < 4.78 is 4.63. The van der Waals surface area contributed by atoms with Crippen LogP contribution in [0.4, 0.5) is 5.69 Å². The summed E-state index contributed by atoms with van der Waals surface area (Å²) in [5, 5.41) is 11.2. The number of ether oxygens (including phenoxy) is 1. The molecule has 0 bridgehead atoms. The Balaban J connectivity index is 2.48. The molecule has 0 atom stereocenters. The SMILES string of the molecule is Cc1nc(Cl)ccc1NC(=O)COCC(=O)O. The second kappa shape index (κ2) is 6.17. The molecule has 7 heteroatoms. The standard InChI is InChI=1S/C10H11ClN2O4/c1-6-7(2-3-8(11)12-6)13-9(14)4-17-5-10(15)16/h2-3H,4-5H2,1H3,(H,13,14)(H,15,16). The summed E-state index contributed by atoms with van der Waals surface area (Å²) in [7, 11) is 0. The molecule has 92 valence electrons. The molecule has 0 aliphatic heterocycles. The summed E-state index contributed by atoms with van der Waals surface area (Å²) in [6.45, 7) is 0.860. The molecular weight excluding hydrogens is 248 g/mol. The number of amides is 1. The molecule has 6 nitrogen and oxygen atoms in total. The van der Waals surface area contributed by atoms with Crippen molar-refractivity contribution in [3.05, 3.63) is 23.0 Å². The van der Waals surface area contributed by atoms with Crippen LogP contribution in [-0.4, -0.2) is 35.2 Å². The molecule has 1 rings (SSSR count). The van der Waals surface area contributed by atoms with Crippen LogP contribution in [-0.2, 0) is 14.3 Å². The van der Waals surface area contributed by atoms with E-state index in [1.165, 1.54) is 0 Å². The Morgan fingerprint density at radius 1 is 1.47 bits per heavy atom. The normalized spacial score (nSPS) is 10.0. The first kappa shape index (κ1) is 13.4. The summed E-state index contributed by atoms with van der Waals surface area (Å²) in [5.74, 6) is -1.57. The third-order valence-electron chi connectivity index (χ3n) is 1.78. The van der Waals surface area contributed by atoms with Crippen LogP contribution in [0.5, 0.6) is 0 Å². The van der Waals surface area contributed by atoms with Crippen molar-refractivity contribution in [1.82, 2.24) is 4.98 Å². The predicted octanol–water partition coefficient (Wildman–Crippen LogP) is 1.08. The molecule has 0 spiro atoms. The van der Waals surface area contributed by atoms with Gasteiger partial charge in [0.15, 0.2) is 0 Å². The summed E-state index contributed by atoms with van der Waals surface area (Å²) >= 11 is 5.66. The molecule has 17 heavy (non-hydrogen) atoms. The first-order valence-electron chi connectivity index (χ1n) is 4.71. The van der Waals surface area contributed by atoms with E-state index in [4.69, 9.17) is 16.7 Å². The van der Waals surface area contributed by atoms with E-state index in [0.29, 0.717) is 16.5 Å². The second-order valence-corrected chi connectivity index (χ2v) is 3.59. The number of pyridine rings is 1. The highest BCUT2D eigenvalue weighted by molar-refractivity contribution is 6.29. The molecular formula is C10H11ClN2O4. The van der Waals surface area contributed by atoms with Gasteiger partial charge in [-0.25, -0.2) is 9.78 Å². The van der Waals surface area contributed by atoms with Crippen LogP contribution < -0.4 is 5.32 Å². The van der Waals surface area contributed by atoms with Crippen molar-refractivity contribution in [1.29, 1.82) is 0 Å². The van der Waals surface area contributed by atoms with Gasteiger partial charge in [0.25, 0.3) is 0 Å². The number of hydrogen-bond donors (Lipinski definition) is 2. The molecule has 0 radical (unpaired) electrons. The molecule has 2 N–H and O–H groups in total. The number of anilines is 1. The van der Waals surface area contributed by atoms with Crippen LogP contribution in [0.15, 0.2) is 12.1 Å². The lowest BCUT2D eigenvalue weighted by atomic mass is 10.3. The van der Waals surface area contributed by atoms with E-state index in [0.717, 1.165) is 0 Å². The number of rotatable bonds is 5. The Morgan fingerprint density at radius 3 is 2.76 bits per heavy atom. The average molecular weight is 259 g/mol. The molecule has 1 amide bonds. The second-order valence-electron chi connectivity index (χ2n) is 3.20. The fourth-order valence-corrected chi connectivity index (χ4v) is 1.27. The summed E-state index contributed by atoms with van der Waals surface area (Å²) in [4.78, 5) is 25.4. The molecule has 1 aromatic heterocycles. The topological polar surface area (TPSA) is 88.5 Å². The number of hydrogen-bond acceptors (Lipinski definition) is 4. The minimum absolute atomic E-state index is 0.325. The zero-order valence-corrected chi connectivity index (χ0v) is 9.82. The summed E-state index contributed by atoms with van der Waals surface area (Å²) in [6.07, 6.45) is 0. The summed E-state index contributed by atoms with van der Waals surface area (Å²) in [5.41, 5.74) is 1.09. The van der Waals surface area contributed by atoms with Crippen LogP contribution in [0.2, 0.25) is 5.15 Å². The lowest BCUT2D eigenvalue weighted by Crippen LogP contribution is -2.21. The number of nitrogens with one attached hydrogen (secondary N) is 1. The van der Waals surface area contributed by atoms with Crippen molar-refractivity contribution in [3.63, 3.8) is 0 Å². The highest BCUT2D eigenvalue weighted by atomic mass is 35.5. The van der Waals surface area contributed by atoms with Crippen molar-refractivity contribution in [2.24, 2.45) is 0 Å². The van der Waals surface area contributed by atoms with Gasteiger partial charge in [-0.1, -0.05) is 11.6 Å². The van der Waals surface area contributed by atoms with Gasteiger partial charge in [0, 0.05) is 0 Å². The van der Waals surface area contributed by atoms with Gasteiger partial charge in [0.1, 0.15) is 18.4 Å². The van der Waals surface area contributed by atoms with Crippen molar-refractivity contribution in [2.45, 2.75) is 6.92 Å². The Hall–Kier alpha value is -1.66. The van der Waals surface area contributed by atoms with E-state index < -0.39 is 18.5 Å². The minimum atomic E-state index is -1.12. The quantitative estimate of drug-likeness (QED) is 0.772. The monoisotopic (exact) mass is 258 g/mol. The van der Waals surface area contributed by atoms with Crippen LogP contribution in [0.25, 0.3) is 0 Å². The number of carbonyl (C=O) groups is 2. The highest BCUT2D eigenvalue weighted by Crippen LogP contribution is 2.15. The molecule has 0 saturated carbocycles. The predicted molar refractivity (Wildman–Crippen MR) is 61.1 cm³/mol. The fourth-order valence-electron chi connectivity index (χ4n) is 1.08. The van der Waals surface area contributed by atoms with Gasteiger partial charge in [0.05, 0.1) is 11.4 Å². The lowest BCUT2D eigenvalue weighted by molar-refractivity contribution is -0.143. The maximum absolute atomic E-state index is 11.3. The minimum Gasteiger partial charge on any atom is -0.480 e. The molecule has 0 fully saturated rings. The van der Waals surface area contributed by atoms with E-state index in [-0.39, 0.29) is 6.61 Å². The number of carboxylic acid groups (broad SMARTS) is 1. The van der Waals surface area contributed by atoms with Gasteiger partial charge >= 0.3 is 5.97 Å². The number of carbonyl (C=O) groups excluding carboxylic acids is 1. The Morgan fingerprint density at radius 2 is 2.18 bits per heavy atom. The first-order chi connectivity index (χ1) is 7.99. The number of carboxylic acids is 1. The van der Waals surface area contributed by atoms with Gasteiger partial charge in [0.2, 0.25) is 5.91 Å². The van der Waals surface area contributed by atoms with Crippen molar-refractivity contribution in [2.75, 3.05) is 18.5 Å². The van der Waals surface area contributed by atoms with E-state index in [1.807, 2.05) is 0 Å². The average Bonchev–Trinajstić information content (AvgIpc) is 2.21. The number of aliphatic carboxylic acids is 1. The smallest absolute Gasteiger partial charge is 0.329 e. The van der Waals surface area contributed by atoms with Crippen LogP contribution >= 0.6 is 11.6 Å². The molecule has 0 aliphatic carbocycles. The Kier molecular flexibility index (Phi) is 4.86. The van der Waals surface area contributed by atoms with E-state index >= 15 is 0 Å². The fraction of sp³-hybridized carbons (Fsp3) is 0.300.